The van der Waals surface area contributed by atoms with Crippen LogP contribution < -0.4 is 10.2 Å². The molecule has 3 heterocycles. The molecular weight excluding hydrogens is 383 g/mol. The summed E-state index contributed by atoms with van der Waals surface area (Å²) in [6.07, 6.45) is 3.30. The Morgan fingerprint density at radius 1 is 1.17 bits per heavy atom. The van der Waals surface area contributed by atoms with Crippen LogP contribution in [0.15, 0.2) is 30.5 Å². The standard InChI is InChI=1S/C22H25FN6O/c1-13-5-6-17(23)9-16(13)11-29-12-19(26-27-29)8-7-18-10-20-21(14(2)24-18)25-22(30)15(3)28(20)4/h5-6,9-10,12,15H,7-8,11H2,1-4H3,(H,25,30)/t15-/m0/s1. The van der Waals surface area contributed by atoms with Crippen molar-refractivity contribution >= 4 is 17.3 Å². The quantitative estimate of drug-likeness (QED) is 0.702. The first-order valence-corrected chi connectivity index (χ1v) is 10.00. The number of nitrogens with one attached hydrogen (secondary N) is 1. The number of nitrogens with zero attached hydrogens (tertiary/aromatic N) is 5. The van der Waals surface area contributed by atoms with E-state index < -0.39 is 0 Å². The summed E-state index contributed by atoms with van der Waals surface area (Å²) in [5.41, 5.74) is 6.27. The van der Waals surface area contributed by atoms with Gasteiger partial charge in [0.05, 0.1) is 29.3 Å². The minimum absolute atomic E-state index is 0.0206. The predicted octanol–water partition coefficient (Wildman–Crippen LogP) is 3.04. The third-order valence-corrected chi connectivity index (χ3v) is 5.69. The van der Waals surface area contributed by atoms with E-state index in [4.69, 9.17) is 0 Å². The van der Waals surface area contributed by atoms with Gasteiger partial charge >= 0.3 is 0 Å². The van der Waals surface area contributed by atoms with Crippen molar-refractivity contribution in [2.24, 2.45) is 0 Å². The molecule has 1 aliphatic rings. The Morgan fingerprint density at radius 3 is 2.73 bits per heavy atom. The van der Waals surface area contributed by atoms with Gasteiger partial charge in [0.15, 0.2) is 0 Å². The van der Waals surface area contributed by atoms with Gasteiger partial charge in [-0.05, 0) is 62.9 Å². The molecule has 0 saturated carbocycles. The number of likely N-dealkylation sites (N-methyl/N-ethyl adjacent to an activating group) is 1. The fourth-order valence-electron chi connectivity index (χ4n) is 3.66. The average molecular weight is 408 g/mol. The number of amides is 1. The number of hydrogen-bond acceptors (Lipinski definition) is 5. The van der Waals surface area contributed by atoms with Crippen molar-refractivity contribution in [3.8, 4) is 0 Å². The molecule has 4 rings (SSSR count). The second-order valence-electron chi connectivity index (χ2n) is 7.85. The summed E-state index contributed by atoms with van der Waals surface area (Å²) in [5.74, 6) is -0.270. The van der Waals surface area contributed by atoms with Gasteiger partial charge in [-0.25, -0.2) is 9.07 Å². The Balaban J connectivity index is 1.46. The zero-order chi connectivity index (χ0) is 21.4. The average Bonchev–Trinajstić information content (AvgIpc) is 3.16. The molecule has 0 aliphatic carbocycles. The lowest BCUT2D eigenvalue weighted by Gasteiger charge is -2.34. The molecule has 1 aromatic carbocycles. The lowest BCUT2D eigenvalue weighted by molar-refractivity contribution is -0.117. The Labute approximate surface area is 174 Å². The zero-order valence-electron chi connectivity index (χ0n) is 17.6. The highest BCUT2D eigenvalue weighted by atomic mass is 19.1. The molecule has 0 fully saturated rings. The SMILES string of the molecule is Cc1ccc(F)cc1Cn1cc(CCc2cc3c(c(C)n2)NC(=O)[C@H](C)N3C)nn1. The number of benzene rings is 1. The first kappa shape index (κ1) is 20.0. The second kappa shape index (κ2) is 7.85. The molecule has 1 atom stereocenters. The van der Waals surface area contributed by atoms with Crippen LogP contribution in [0.3, 0.4) is 0 Å². The van der Waals surface area contributed by atoms with Gasteiger partial charge in [0.1, 0.15) is 11.9 Å². The van der Waals surface area contributed by atoms with Gasteiger partial charge < -0.3 is 10.2 Å². The summed E-state index contributed by atoms with van der Waals surface area (Å²) in [5, 5.41) is 11.4. The maximum atomic E-state index is 13.5. The number of pyridine rings is 1. The van der Waals surface area contributed by atoms with Crippen LogP contribution in [0.5, 0.6) is 0 Å². The van der Waals surface area contributed by atoms with Crippen molar-refractivity contribution < 1.29 is 9.18 Å². The topological polar surface area (TPSA) is 75.9 Å². The molecule has 30 heavy (non-hydrogen) atoms. The Hall–Kier alpha value is -3.29. The fourth-order valence-corrected chi connectivity index (χ4v) is 3.66. The largest absolute Gasteiger partial charge is 0.361 e. The van der Waals surface area contributed by atoms with E-state index in [9.17, 15) is 9.18 Å². The molecule has 2 aromatic heterocycles. The van der Waals surface area contributed by atoms with E-state index >= 15 is 0 Å². The van der Waals surface area contributed by atoms with Crippen LogP contribution in [0.25, 0.3) is 0 Å². The van der Waals surface area contributed by atoms with Crippen LogP contribution in [0.2, 0.25) is 0 Å². The third kappa shape index (κ3) is 3.90. The van der Waals surface area contributed by atoms with Gasteiger partial charge in [0, 0.05) is 18.9 Å². The number of carbonyl (C=O) groups is 1. The highest BCUT2D eigenvalue weighted by Crippen LogP contribution is 2.33. The minimum Gasteiger partial charge on any atom is -0.361 e. The van der Waals surface area contributed by atoms with E-state index in [-0.39, 0.29) is 17.8 Å². The summed E-state index contributed by atoms with van der Waals surface area (Å²) < 4.78 is 15.2. The van der Waals surface area contributed by atoms with Crippen molar-refractivity contribution in [2.75, 3.05) is 17.3 Å². The van der Waals surface area contributed by atoms with Crippen LogP contribution in [0.1, 0.15) is 35.1 Å². The molecule has 156 valence electrons. The summed E-state index contributed by atoms with van der Waals surface area (Å²) in [4.78, 5) is 18.7. The highest BCUT2D eigenvalue weighted by Gasteiger charge is 2.28. The molecule has 0 spiro atoms. The minimum atomic E-state index is -0.250. The van der Waals surface area contributed by atoms with E-state index in [0.29, 0.717) is 19.4 Å². The molecule has 1 amide bonds. The van der Waals surface area contributed by atoms with E-state index in [1.54, 1.807) is 10.7 Å². The first-order valence-electron chi connectivity index (χ1n) is 10.00. The van der Waals surface area contributed by atoms with Crippen LogP contribution in [-0.4, -0.2) is 39.0 Å². The van der Waals surface area contributed by atoms with Crippen molar-refractivity contribution in [1.29, 1.82) is 0 Å². The molecule has 1 N–H and O–H groups in total. The summed E-state index contributed by atoms with van der Waals surface area (Å²) in [6.45, 7) is 6.22. The number of fused-ring (bicyclic) bond motifs is 1. The normalized spacial score (nSPS) is 15.8. The van der Waals surface area contributed by atoms with Gasteiger partial charge in [-0.15, -0.1) is 5.10 Å². The fraction of sp³-hybridized carbons (Fsp3) is 0.364. The number of anilines is 2. The van der Waals surface area contributed by atoms with Gasteiger partial charge in [-0.3, -0.25) is 9.78 Å². The summed E-state index contributed by atoms with van der Waals surface area (Å²) >= 11 is 0. The number of halogens is 1. The number of aromatic nitrogens is 4. The van der Waals surface area contributed by atoms with Crippen LogP contribution in [-0.2, 0) is 24.2 Å². The van der Waals surface area contributed by atoms with E-state index in [2.05, 4.69) is 20.6 Å². The van der Waals surface area contributed by atoms with Crippen LogP contribution in [0.4, 0.5) is 15.8 Å². The van der Waals surface area contributed by atoms with E-state index in [1.165, 1.54) is 12.1 Å². The second-order valence-corrected chi connectivity index (χ2v) is 7.85. The molecule has 0 radical (unpaired) electrons. The van der Waals surface area contributed by atoms with Crippen molar-refractivity contribution in [1.82, 2.24) is 20.0 Å². The molecular formula is C22H25FN6O. The lowest BCUT2D eigenvalue weighted by atomic mass is 10.1. The highest BCUT2D eigenvalue weighted by molar-refractivity contribution is 6.03. The molecule has 8 heteroatoms. The summed E-state index contributed by atoms with van der Waals surface area (Å²) in [6, 6.07) is 6.57. The Morgan fingerprint density at radius 2 is 1.93 bits per heavy atom. The van der Waals surface area contributed by atoms with E-state index in [1.807, 2.05) is 45.0 Å². The molecule has 0 saturated heterocycles. The number of aryl methyl sites for hydroxylation is 4. The Kier molecular flexibility index (Phi) is 5.24. The van der Waals surface area contributed by atoms with Crippen molar-refractivity contribution in [2.45, 2.75) is 46.2 Å². The molecule has 1 aliphatic heterocycles. The molecule has 3 aromatic rings. The maximum Gasteiger partial charge on any atom is 0.246 e. The van der Waals surface area contributed by atoms with Gasteiger partial charge in [-0.2, -0.15) is 0 Å². The molecule has 0 bridgehead atoms. The maximum absolute atomic E-state index is 13.5. The number of carbonyl (C=O) groups excluding carboxylic acids is 1. The van der Waals surface area contributed by atoms with Gasteiger partial charge in [0.2, 0.25) is 5.91 Å². The number of hydrogen-bond donors (Lipinski definition) is 1. The smallest absolute Gasteiger partial charge is 0.246 e. The molecule has 7 nitrogen and oxygen atoms in total. The monoisotopic (exact) mass is 408 g/mol. The molecule has 0 unspecified atom stereocenters. The lowest BCUT2D eigenvalue weighted by Crippen LogP contribution is -2.44. The number of rotatable bonds is 5. The predicted molar refractivity (Wildman–Crippen MR) is 113 cm³/mol. The van der Waals surface area contributed by atoms with Crippen LogP contribution in [0, 0.1) is 19.7 Å². The third-order valence-electron chi connectivity index (χ3n) is 5.69. The van der Waals surface area contributed by atoms with Gasteiger partial charge in [0.25, 0.3) is 0 Å². The van der Waals surface area contributed by atoms with E-state index in [0.717, 1.165) is 39.6 Å². The summed E-state index contributed by atoms with van der Waals surface area (Å²) in [7, 11) is 1.92. The van der Waals surface area contributed by atoms with Gasteiger partial charge in [-0.1, -0.05) is 11.3 Å². The van der Waals surface area contributed by atoms with Crippen molar-refractivity contribution in [3.63, 3.8) is 0 Å². The Bertz CT molecular complexity index is 1110. The first-order chi connectivity index (χ1) is 14.3. The zero-order valence-corrected chi connectivity index (χ0v) is 17.6. The van der Waals surface area contributed by atoms with Crippen LogP contribution >= 0.6 is 0 Å². The van der Waals surface area contributed by atoms with Crippen molar-refractivity contribution in [3.05, 3.63) is 64.5 Å².